The molecule has 1 heterocycles. The smallest absolute Gasteiger partial charge is 0.335 e. The van der Waals surface area contributed by atoms with Crippen molar-refractivity contribution < 1.29 is 24.0 Å². The zero-order chi connectivity index (χ0) is 27.4. The van der Waals surface area contributed by atoms with E-state index in [0.29, 0.717) is 22.8 Å². The highest BCUT2D eigenvalue weighted by Crippen LogP contribution is 2.28. The number of rotatable bonds is 8. The van der Waals surface area contributed by atoms with Crippen LogP contribution in [0.5, 0.6) is 5.75 Å². The molecule has 0 atom stereocenters. The van der Waals surface area contributed by atoms with Gasteiger partial charge in [0.2, 0.25) is 0 Å². The van der Waals surface area contributed by atoms with Crippen LogP contribution in [0.15, 0.2) is 78.9 Å². The van der Waals surface area contributed by atoms with Gasteiger partial charge in [0, 0.05) is 17.2 Å². The van der Waals surface area contributed by atoms with Crippen LogP contribution >= 0.6 is 11.6 Å². The topological polar surface area (TPSA) is 119 Å². The number of hydrogen-bond acceptors (Lipinski definition) is 6. The number of nitro benzene ring substituents is 1. The summed E-state index contributed by atoms with van der Waals surface area (Å²) in [5.74, 6) is -1.03. The van der Waals surface area contributed by atoms with Gasteiger partial charge >= 0.3 is 6.03 Å². The summed E-state index contributed by atoms with van der Waals surface area (Å²) in [5.41, 5.74) is 2.83. The van der Waals surface area contributed by atoms with Gasteiger partial charge in [-0.3, -0.25) is 25.0 Å². The second-order valence-electron chi connectivity index (χ2n) is 8.46. The number of ether oxygens (including phenoxy) is 1. The molecule has 3 aromatic rings. The number of imide groups is 2. The highest BCUT2D eigenvalue weighted by atomic mass is 35.5. The van der Waals surface area contributed by atoms with Crippen LogP contribution in [0, 0.1) is 17.0 Å². The van der Waals surface area contributed by atoms with Crippen molar-refractivity contribution in [1.82, 2.24) is 5.32 Å². The average molecular weight is 532 g/mol. The lowest BCUT2D eigenvalue weighted by molar-refractivity contribution is -0.384. The Kier molecular flexibility index (Phi) is 7.68. The number of nitrogens with zero attached hydrogens (tertiary/aromatic N) is 2. The fraction of sp³-hybridized carbons (Fsp3) is 0.107. The van der Waals surface area contributed by atoms with Crippen molar-refractivity contribution in [2.45, 2.75) is 20.0 Å². The molecule has 4 amide bonds. The van der Waals surface area contributed by atoms with E-state index in [9.17, 15) is 24.5 Å². The van der Waals surface area contributed by atoms with Crippen LogP contribution in [-0.4, -0.2) is 22.8 Å². The van der Waals surface area contributed by atoms with E-state index in [1.165, 1.54) is 24.3 Å². The molecule has 1 aliphatic rings. The molecule has 0 spiro atoms. The number of urea groups is 1. The van der Waals surface area contributed by atoms with Crippen molar-refractivity contribution in [2.24, 2.45) is 0 Å². The molecule has 3 aromatic carbocycles. The van der Waals surface area contributed by atoms with Crippen LogP contribution < -0.4 is 15.0 Å². The number of nitrogens with one attached hydrogen (secondary N) is 1. The Morgan fingerprint density at radius 2 is 1.82 bits per heavy atom. The minimum atomic E-state index is -0.862. The van der Waals surface area contributed by atoms with Crippen molar-refractivity contribution in [3.8, 4) is 5.75 Å². The maximum absolute atomic E-state index is 13.2. The zero-order valence-electron chi connectivity index (χ0n) is 20.3. The van der Waals surface area contributed by atoms with E-state index in [1.54, 1.807) is 55.5 Å². The lowest BCUT2D eigenvalue weighted by Gasteiger charge is -2.26. The lowest BCUT2D eigenvalue weighted by atomic mass is 10.0. The number of carbonyl (C=O) groups excluding carboxylic acids is 3. The third-order valence-corrected chi connectivity index (χ3v) is 6.22. The molecule has 0 radical (unpaired) electrons. The van der Waals surface area contributed by atoms with Gasteiger partial charge in [0.05, 0.1) is 10.6 Å². The quantitative estimate of drug-likeness (QED) is 0.134. The van der Waals surface area contributed by atoms with Gasteiger partial charge in [-0.25, -0.2) is 9.69 Å². The molecular formula is C28H22ClN3O6. The van der Waals surface area contributed by atoms with Crippen LogP contribution in [0.25, 0.3) is 6.08 Å². The third kappa shape index (κ3) is 5.63. The Bertz CT molecular complexity index is 1500. The predicted molar refractivity (Wildman–Crippen MR) is 143 cm³/mol. The number of anilines is 1. The molecule has 1 saturated heterocycles. The molecule has 192 valence electrons. The summed E-state index contributed by atoms with van der Waals surface area (Å²) >= 11 is 6.17. The minimum Gasteiger partial charge on any atom is -0.489 e. The first-order valence-corrected chi connectivity index (χ1v) is 11.8. The number of aryl methyl sites for hydroxylation is 1. The summed E-state index contributed by atoms with van der Waals surface area (Å²) in [6.07, 6.45) is 3.53. The van der Waals surface area contributed by atoms with Crippen LogP contribution in [0.4, 0.5) is 16.2 Å². The van der Waals surface area contributed by atoms with E-state index in [4.69, 9.17) is 16.3 Å². The van der Waals surface area contributed by atoms with E-state index < -0.39 is 22.8 Å². The monoisotopic (exact) mass is 531 g/mol. The van der Waals surface area contributed by atoms with Gasteiger partial charge in [-0.2, -0.15) is 0 Å². The van der Waals surface area contributed by atoms with Crippen molar-refractivity contribution in [1.29, 1.82) is 0 Å². The molecule has 0 saturated carbocycles. The number of nitro groups is 1. The Balaban J connectivity index is 1.59. The highest BCUT2D eigenvalue weighted by molar-refractivity contribution is 6.39. The first-order valence-electron chi connectivity index (χ1n) is 11.5. The fourth-order valence-electron chi connectivity index (χ4n) is 3.80. The van der Waals surface area contributed by atoms with E-state index in [0.717, 1.165) is 21.6 Å². The number of benzene rings is 3. The number of amides is 4. The Labute approximate surface area is 223 Å². The van der Waals surface area contributed by atoms with Gasteiger partial charge in [-0.1, -0.05) is 29.8 Å². The van der Waals surface area contributed by atoms with Crippen LogP contribution in [0.1, 0.15) is 22.3 Å². The Hall–Kier alpha value is -4.76. The molecule has 0 unspecified atom stereocenters. The summed E-state index contributed by atoms with van der Waals surface area (Å²) in [7, 11) is 0. The molecule has 0 aliphatic carbocycles. The van der Waals surface area contributed by atoms with Crippen molar-refractivity contribution >= 4 is 46.9 Å². The second-order valence-corrected chi connectivity index (χ2v) is 8.87. The molecule has 4 rings (SSSR count). The lowest BCUT2D eigenvalue weighted by Crippen LogP contribution is -2.54. The number of carbonyl (C=O) groups is 3. The molecular weight excluding hydrogens is 510 g/mol. The molecule has 38 heavy (non-hydrogen) atoms. The minimum absolute atomic E-state index is 0.00877. The van der Waals surface area contributed by atoms with E-state index >= 15 is 0 Å². The molecule has 1 fully saturated rings. The molecule has 0 aromatic heterocycles. The SMILES string of the molecule is C=CCc1cc(/C=C2/C(=O)NC(=O)N(c3ccc(C)c(Cl)c3)C2=O)ccc1OCc1ccc([N+](=O)[O-])cc1. The number of hydrogen-bond donors (Lipinski definition) is 1. The van der Waals surface area contributed by atoms with Gasteiger partial charge in [0.15, 0.2) is 0 Å². The van der Waals surface area contributed by atoms with Crippen molar-refractivity contribution in [2.75, 3.05) is 4.90 Å². The number of barbiturate groups is 1. The molecule has 1 aliphatic heterocycles. The summed E-state index contributed by atoms with van der Waals surface area (Å²) in [5, 5.41) is 13.4. The first kappa shape index (κ1) is 26.3. The zero-order valence-corrected chi connectivity index (χ0v) is 21.0. The van der Waals surface area contributed by atoms with Crippen molar-refractivity contribution in [3.05, 3.63) is 116 Å². The van der Waals surface area contributed by atoms with E-state index in [2.05, 4.69) is 11.9 Å². The predicted octanol–water partition coefficient (Wildman–Crippen LogP) is 5.53. The van der Waals surface area contributed by atoms with Crippen LogP contribution in [0.2, 0.25) is 5.02 Å². The molecule has 0 bridgehead atoms. The molecule has 10 heteroatoms. The van der Waals surface area contributed by atoms with E-state index in [-0.39, 0.29) is 23.6 Å². The number of allylic oxidation sites excluding steroid dienone is 1. The molecule has 9 nitrogen and oxygen atoms in total. The van der Waals surface area contributed by atoms with Crippen LogP contribution in [0.3, 0.4) is 0 Å². The average Bonchev–Trinajstić information content (AvgIpc) is 2.88. The normalized spacial score (nSPS) is 14.4. The largest absolute Gasteiger partial charge is 0.489 e. The van der Waals surface area contributed by atoms with Gasteiger partial charge in [-0.15, -0.1) is 6.58 Å². The Morgan fingerprint density at radius 3 is 2.47 bits per heavy atom. The summed E-state index contributed by atoms with van der Waals surface area (Å²) < 4.78 is 5.92. The summed E-state index contributed by atoms with van der Waals surface area (Å²) in [4.78, 5) is 49.5. The maximum atomic E-state index is 13.2. The standard InChI is InChI=1S/C28H22ClN3O6/c1-3-4-20-13-19(8-12-25(20)38-16-18-6-10-21(11-7-18)32(36)37)14-23-26(33)30-28(35)31(27(23)34)22-9-5-17(2)24(29)15-22/h3,5-15H,1,4,16H2,2H3,(H,30,33,35)/b23-14-. The van der Waals surface area contributed by atoms with Gasteiger partial charge < -0.3 is 4.74 Å². The van der Waals surface area contributed by atoms with Gasteiger partial charge in [-0.05, 0) is 78.1 Å². The number of halogens is 1. The summed E-state index contributed by atoms with van der Waals surface area (Å²) in [6.45, 7) is 5.74. The Morgan fingerprint density at radius 1 is 1.08 bits per heavy atom. The maximum Gasteiger partial charge on any atom is 0.335 e. The first-order chi connectivity index (χ1) is 18.2. The summed E-state index contributed by atoms with van der Waals surface area (Å²) in [6, 6.07) is 15.0. The van der Waals surface area contributed by atoms with E-state index in [1.807, 2.05) is 0 Å². The molecule has 1 N–H and O–H groups in total. The van der Waals surface area contributed by atoms with Crippen molar-refractivity contribution in [3.63, 3.8) is 0 Å². The van der Waals surface area contributed by atoms with Crippen LogP contribution in [-0.2, 0) is 22.6 Å². The highest BCUT2D eigenvalue weighted by Gasteiger charge is 2.37. The third-order valence-electron chi connectivity index (χ3n) is 5.82. The van der Waals surface area contributed by atoms with Gasteiger partial charge in [0.25, 0.3) is 17.5 Å². The van der Waals surface area contributed by atoms with Gasteiger partial charge in [0.1, 0.15) is 17.9 Å². The number of non-ortho nitro benzene ring substituents is 1. The second kappa shape index (κ2) is 11.1. The fourth-order valence-corrected chi connectivity index (χ4v) is 3.97.